The highest BCUT2D eigenvalue weighted by atomic mass is 32.2. The normalized spacial score (nSPS) is 12.6. The lowest BCUT2D eigenvalue weighted by Crippen LogP contribution is -2.20. The Morgan fingerprint density at radius 3 is 2.67 bits per heavy atom. The van der Waals surface area contributed by atoms with E-state index in [9.17, 15) is 4.79 Å². The maximum absolute atomic E-state index is 10.0. The van der Waals surface area contributed by atoms with Crippen LogP contribution in [0.5, 0.6) is 0 Å². The fourth-order valence-corrected chi connectivity index (χ4v) is 0.654. The van der Waals surface area contributed by atoms with Gasteiger partial charge >= 0.3 is 5.97 Å². The second-order valence-corrected chi connectivity index (χ2v) is 1.98. The van der Waals surface area contributed by atoms with Gasteiger partial charge in [-0.05, 0) is 0 Å². The largest absolute Gasteiger partial charge is 0.480 e. The summed E-state index contributed by atoms with van der Waals surface area (Å²) in [5.41, 5.74) is 6.37. The molecule has 1 unspecified atom stereocenters. The summed E-state index contributed by atoms with van der Waals surface area (Å²) < 4.78 is 0. The first-order chi connectivity index (χ1) is 4.22. The van der Waals surface area contributed by atoms with Crippen molar-refractivity contribution in [3.8, 4) is 0 Å². The predicted molar refractivity (Wildman–Crippen MR) is 33.2 cm³/mol. The summed E-state index contributed by atoms with van der Waals surface area (Å²) in [4.78, 5) is 10.0. The number of nitrogens with zero attached hydrogens (tertiary/aromatic N) is 1. The molecule has 0 radical (unpaired) electrons. The molecule has 0 saturated carbocycles. The first-order valence-electron chi connectivity index (χ1n) is 2.13. The molecule has 0 aromatic carbocycles. The Kier molecular flexibility index (Phi) is 3.98. The topological polar surface area (TPSA) is 99.5 Å². The van der Waals surface area contributed by atoms with E-state index < -0.39 is 12.0 Å². The first-order valence-corrected chi connectivity index (χ1v) is 3.18. The third-order valence-corrected chi connectivity index (χ3v) is 1.20. The number of carboxylic acids is 1. The van der Waals surface area contributed by atoms with Crippen LogP contribution in [0.1, 0.15) is 0 Å². The summed E-state index contributed by atoms with van der Waals surface area (Å²) in [7, 11) is 0. The molecule has 0 amide bonds. The van der Waals surface area contributed by atoms with Crippen LogP contribution in [0.4, 0.5) is 0 Å². The maximum Gasteiger partial charge on any atom is 0.331 e. The van der Waals surface area contributed by atoms with Gasteiger partial charge < -0.3 is 5.11 Å². The Balaban J connectivity index is 3.68. The molecule has 0 rings (SSSR count). The Morgan fingerprint density at radius 1 is 2.00 bits per heavy atom. The monoisotopic (exact) mass is 149 g/mol. The quantitative estimate of drug-likeness (QED) is 0.389. The molecule has 0 aromatic rings. The zero-order chi connectivity index (χ0) is 7.28. The predicted octanol–water partition coefficient (Wildman–Crippen LogP) is 0.0775. The van der Waals surface area contributed by atoms with Crippen LogP contribution in [-0.4, -0.2) is 22.9 Å². The van der Waals surface area contributed by atoms with Crippen LogP contribution in [-0.2, 0) is 4.79 Å². The molecule has 9 heavy (non-hydrogen) atoms. The van der Waals surface area contributed by atoms with Crippen molar-refractivity contribution in [2.45, 2.75) is 6.04 Å². The lowest BCUT2D eigenvalue weighted by Gasteiger charge is -1.99. The van der Waals surface area contributed by atoms with Crippen LogP contribution in [0.25, 0.3) is 0 Å². The van der Waals surface area contributed by atoms with Gasteiger partial charge in [0.15, 0.2) is 6.04 Å². The summed E-state index contributed by atoms with van der Waals surface area (Å²) in [6.07, 6.45) is 0. The molecule has 0 aromatic heterocycles. The SMILES string of the molecule is N=NC(CSN)C(=O)O. The van der Waals surface area contributed by atoms with Crippen molar-refractivity contribution in [2.24, 2.45) is 10.3 Å². The Hall–Kier alpha value is -0.620. The standard InChI is InChI=1S/C3H7N3O2S/c4-6-2(1-9-5)3(7)8/h2,4H,1,5H2,(H,7,8). The summed E-state index contributed by atoms with van der Waals surface area (Å²) in [5.74, 6) is -0.957. The van der Waals surface area contributed by atoms with Gasteiger partial charge in [-0.25, -0.2) is 10.3 Å². The smallest absolute Gasteiger partial charge is 0.331 e. The highest BCUT2D eigenvalue weighted by Gasteiger charge is 2.14. The molecule has 0 bridgehead atoms. The van der Waals surface area contributed by atoms with Crippen LogP contribution in [0, 0.1) is 5.53 Å². The average Bonchev–Trinajstić information content (AvgIpc) is 1.82. The molecule has 52 valence electrons. The molecule has 0 saturated heterocycles. The molecular weight excluding hydrogens is 142 g/mol. The van der Waals surface area contributed by atoms with E-state index in [0.29, 0.717) is 0 Å². The molecule has 0 fully saturated rings. The van der Waals surface area contributed by atoms with Crippen molar-refractivity contribution in [3.63, 3.8) is 0 Å². The van der Waals surface area contributed by atoms with Gasteiger partial charge in [0, 0.05) is 5.75 Å². The van der Waals surface area contributed by atoms with Gasteiger partial charge in [0.25, 0.3) is 0 Å². The lowest BCUT2D eigenvalue weighted by molar-refractivity contribution is -0.138. The minimum atomic E-state index is -1.11. The summed E-state index contributed by atoms with van der Waals surface area (Å²) in [6.45, 7) is 0. The van der Waals surface area contributed by atoms with Gasteiger partial charge in [-0.1, -0.05) is 11.9 Å². The number of carbonyl (C=O) groups is 1. The second-order valence-electron chi connectivity index (χ2n) is 1.32. The van der Waals surface area contributed by atoms with Crippen LogP contribution in [0.3, 0.4) is 0 Å². The third kappa shape index (κ3) is 3.04. The van der Waals surface area contributed by atoms with Crippen molar-refractivity contribution < 1.29 is 9.90 Å². The van der Waals surface area contributed by atoms with Crippen LogP contribution >= 0.6 is 11.9 Å². The molecule has 4 N–H and O–H groups in total. The number of hydrogen-bond donors (Lipinski definition) is 3. The zero-order valence-electron chi connectivity index (χ0n) is 4.57. The third-order valence-electron chi connectivity index (χ3n) is 0.695. The van der Waals surface area contributed by atoms with E-state index in [1.165, 1.54) is 0 Å². The lowest BCUT2D eigenvalue weighted by atomic mass is 10.4. The van der Waals surface area contributed by atoms with Gasteiger partial charge in [0.2, 0.25) is 0 Å². The fourth-order valence-electron chi connectivity index (χ4n) is 0.255. The number of nitrogens with two attached hydrogens (primary N) is 1. The molecule has 6 heteroatoms. The molecule has 0 aliphatic carbocycles. The molecule has 1 atom stereocenters. The maximum atomic E-state index is 10.0. The highest BCUT2D eigenvalue weighted by molar-refractivity contribution is 7.97. The minimum absolute atomic E-state index is 0.152. The van der Waals surface area contributed by atoms with Crippen LogP contribution < -0.4 is 5.14 Å². The summed E-state index contributed by atoms with van der Waals surface area (Å²) in [5, 5.41) is 16.0. The molecule has 5 nitrogen and oxygen atoms in total. The number of rotatable bonds is 4. The number of carboxylic acid groups (broad SMARTS) is 1. The minimum Gasteiger partial charge on any atom is -0.480 e. The Morgan fingerprint density at radius 2 is 2.56 bits per heavy atom. The van der Waals surface area contributed by atoms with E-state index >= 15 is 0 Å². The van der Waals surface area contributed by atoms with Gasteiger partial charge in [0.1, 0.15) is 0 Å². The Labute approximate surface area is 56.3 Å². The molecular formula is C3H7N3O2S. The van der Waals surface area contributed by atoms with E-state index in [1.54, 1.807) is 0 Å². The van der Waals surface area contributed by atoms with Crippen molar-refractivity contribution in [1.82, 2.24) is 0 Å². The van der Waals surface area contributed by atoms with Gasteiger partial charge in [-0.15, -0.1) is 0 Å². The van der Waals surface area contributed by atoms with Crippen molar-refractivity contribution in [3.05, 3.63) is 0 Å². The van der Waals surface area contributed by atoms with E-state index in [1.807, 2.05) is 0 Å². The molecule has 0 spiro atoms. The fraction of sp³-hybridized carbons (Fsp3) is 0.667. The summed E-state index contributed by atoms with van der Waals surface area (Å²) in [6, 6.07) is -0.986. The second kappa shape index (κ2) is 4.28. The van der Waals surface area contributed by atoms with Gasteiger partial charge in [0.05, 0.1) is 0 Å². The van der Waals surface area contributed by atoms with Crippen molar-refractivity contribution >= 4 is 17.9 Å². The Bertz CT molecular complexity index is 118. The van der Waals surface area contributed by atoms with Crippen molar-refractivity contribution in [2.75, 3.05) is 5.75 Å². The summed E-state index contributed by atoms with van der Waals surface area (Å²) >= 11 is 0.868. The van der Waals surface area contributed by atoms with Gasteiger partial charge in [-0.3, -0.25) is 5.14 Å². The van der Waals surface area contributed by atoms with E-state index in [2.05, 4.69) is 5.11 Å². The van der Waals surface area contributed by atoms with Crippen LogP contribution in [0.15, 0.2) is 5.11 Å². The van der Waals surface area contributed by atoms with E-state index in [4.69, 9.17) is 15.8 Å². The molecule has 0 aliphatic rings. The first kappa shape index (κ1) is 8.38. The van der Waals surface area contributed by atoms with E-state index in [-0.39, 0.29) is 5.75 Å². The van der Waals surface area contributed by atoms with Crippen LogP contribution in [0.2, 0.25) is 0 Å². The number of aliphatic carboxylic acids is 1. The number of hydrogen-bond acceptors (Lipinski definition) is 5. The van der Waals surface area contributed by atoms with Crippen molar-refractivity contribution in [1.29, 1.82) is 5.53 Å². The average molecular weight is 149 g/mol. The zero-order valence-corrected chi connectivity index (χ0v) is 5.39. The molecule has 0 aliphatic heterocycles. The van der Waals surface area contributed by atoms with E-state index in [0.717, 1.165) is 11.9 Å². The molecule has 0 heterocycles. The number of nitrogens with one attached hydrogen (secondary N) is 1. The highest BCUT2D eigenvalue weighted by Crippen LogP contribution is 1.97. The van der Waals surface area contributed by atoms with Gasteiger partial charge in [-0.2, -0.15) is 5.11 Å².